The molecule has 1 aromatic carbocycles. The van der Waals surface area contributed by atoms with Crippen molar-refractivity contribution < 1.29 is 4.79 Å². The van der Waals surface area contributed by atoms with Crippen LogP contribution in [0.15, 0.2) is 18.2 Å². The minimum absolute atomic E-state index is 0.0324. The van der Waals surface area contributed by atoms with Crippen LogP contribution in [0, 0.1) is 0 Å². The molecule has 0 heterocycles. The lowest BCUT2D eigenvalue weighted by Crippen LogP contribution is -2.27. The number of benzene rings is 1. The third-order valence-corrected chi connectivity index (χ3v) is 2.79. The van der Waals surface area contributed by atoms with Gasteiger partial charge in [-0.25, -0.2) is 0 Å². The molecule has 1 amide bonds. The van der Waals surface area contributed by atoms with E-state index in [0.717, 1.165) is 24.9 Å². The van der Waals surface area contributed by atoms with Crippen molar-refractivity contribution in [3.8, 4) is 0 Å². The molecular weight excluding hydrogens is 188 g/mol. The lowest BCUT2D eigenvalue weighted by atomic mass is 9.88. The second-order valence-electron chi connectivity index (χ2n) is 4.17. The Kier molecular flexibility index (Phi) is 2.73. The summed E-state index contributed by atoms with van der Waals surface area (Å²) >= 11 is 0. The molecule has 0 spiro atoms. The number of hydrogen-bond donors (Lipinski definition) is 2. The van der Waals surface area contributed by atoms with Crippen LogP contribution in [0.25, 0.3) is 0 Å². The summed E-state index contributed by atoms with van der Waals surface area (Å²) in [6.45, 7) is 1.52. The first-order valence-electron chi connectivity index (χ1n) is 5.30. The van der Waals surface area contributed by atoms with Gasteiger partial charge < -0.3 is 11.1 Å². The summed E-state index contributed by atoms with van der Waals surface area (Å²) in [5.74, 6) is -0.0324. The van der Waals surface area contributed by atoms with Crippen LogP contribution in [-0.4, -0.2) is 11.9 Å². The Bertz CT molecular complexity index is 387. The molecule has 15 heavy (non-hydrogen) atoms. The Morgan fingerprint density at radius 3 is 3.00 bits per heavy atom. The number of nitrogens with one attached hydrogen (secondary N) is 1. The molecule has 1 aliphatic rings. The molecule has 1 atom stereocenters. The number of rotatable bonds is 1. The number of carbonyl (C=O) groups excluding carboxylic acids is 1. The predicted octanol–water partition coefficient (Wildman–Crippen LogP) is 1.46. The summed E-state index contributed by atoms with van der Waals surface area (Å²) in [4.78, 5) is 10.9. The van der Waals surface area contributed by atoms with Crippen LogP contribution < -0.4 is 11.1 Å². The van der Waals surface area contributed by atoms with Gasteiger partial charge in [-0.2, -0.15) is 0 Å². The maximum absolute atomic E-state index is 10.9. The Labute approximate surface area is 89.7 Å². The van der Waals surface area contributed by atoms with Gasteiger partial charge >= 0.3 is 0 Å². The van der Waals surface area contributed by atoms with Crippen molar-refractivity contribution >= 4 is 11.6 Å². The SMILES string of the molecule is CC(=O)Nc1ccc2c(c1)CC(N)CC2. The topological polar surface area (TPSA) is 55.1 Å². The minimum Gasteiger partial charge on any atom is -0.327 e. The first-order valence-corrected chi connectivity index (χ1v) is 5.30. The molecule has 0 aliphatic heterocycles. The van der Waals surface area contributed by atoms with Crippen molar-refractivity contribution in [2.45, 2.75) is 32.2 Å². The fourth-order valence-corrected chi connectivity index (χ4v) is 2.07. The molecule has 1 aliphatic carbocycles. The highest BCUT2D eigenvalue weighted by atomic mass is 16.1. The number of carbonyl (C=O) groups is 1. The molecule has 3 nitrogen and oxygen atoms in total. The average Bonchev–Trinajstić information content (AvgIpc) is 2.16. The summed E-state index contributed by atoms with van der Waals surface area (Å²) in [5, 5.41) is 2.79. The maximum atomic E-state index is 10.9. The molecule has 0 radical (unpaired) electrons. The third-order valence-electron chi connectivity index (χ3n) is 2.79. The van der Waals surface area contributed by atoms with Crippen LogP contribution in [0.1, 0.15) is 24.5 Å². The van der Waals surface area contributed by atoms with E-state index < -0.39 is 0 Å². The molecule has 2 rings (SSSR count). The summed E-state index contributed by atoms with van der Waals surface area (Å²) in [7, 11) is 0. The standard InChI is InChI=1S/C12H16N2O/c1-8(15)14-12-5-3-9-2-4-11(13)6-10(9)7-12/h3,5,7,11H,2,4,6,13H2,1H3,(H,14,15). The molecule has 80 valence electrons. The molecule has 0 bridgehead atoms. The zero-order valence-electron chi connectivity index (χ0n) is 8.92. The molecule has 0 fully saturated rings. The van der Waals surface area contributed by atoms with Gasteiger partial charge in [-0.15, -0.1) is 0 Å². The van der Waals surface area contributed by atoms with Gasteiger partial charge in [0.05, 0.1) is 0 Å². The number of fused-ring (bicyclic) bond motifs is 1. The molecule has 3 N–H and O–H groups in total. The van der Waals surface area contributed by atoms with E-state index in [4.69, 9.17) is 5.73 Å². The van der Waals surface area contributed by atoms with Gasteiger partial charge in [0.1, 0.15) is 0 Å². The molecule has 0 saturated heterocycles. The summed E-state index contributed by atoms with van der Waals surface area (Å²) < 4.78 is 0. The largest absolute Gasteiger partial charge is 0.327 e. The maximum Gasteiger partial charge on any atom is 0.221 e. The summed E-state index contributed by atoms with van der Waals surface area (Å²) in [6.07, 6.45) is 3.03. The second kappa shape index (κ2) is 4.03. The molecule has 0 saturated carbocycles. The number of amides is 1. The van der Waals surface area contributed by atoms with Gasteiger partial charge in [0.2, 0.25) is 5.91 Å². The zero-order chi connectivity index (χ0) is 10.8. The molecular formula is C12H16N2O. The van der Waals surface area contributed by atoms with Gasteiger partial charge in [-0.3, -0.25) is 4.79 Å². The lowest BCUT2D eigenvalue weighted by molar-refractivity contribution is -0.114. The van der Waals surface area contributed by atoms with Crippen molar-refractivity contribution in [2.24, 2.45) is 5.73 Å². The molecule has 1 unspecified atom stereocenters. The van der Waals surface area contributed by atoms with Crippen LogP contribution >= 0.6 is 0 Å². The fourth-order valence-electron chi connectivity index (χ4n) is 2.07. The number of aryl methyl sites for hydroxylation is 1. The van der Waals surface area contributed by atoms with Crippen molar-refractivity contribution in [1.29, 1.82) is 0 Å². The molecule has 1 aromatic rings. The Morgan fingerprint density at radius 2 is 2.27 bits per heavy atom. The van der Waals surface area contributed by atoms with E-state index in [1.807, 2.05) is 12.1 Å². The summed E-state index contributed by atoms with van der Waals surface area (Å²) in [6, 6.07) is 6.35. The zero-order valence-corrected chi connectivity index (χ0v) is 8.92. The van der Waals surface area contributed by atoms with E-state index in [9.17, 15) is 4.79 Å². The molecule has 0 aromatic heterocycles. The van der Waals surface area contributed by atoms with E-state index in [-0.39, 0.29) is 11.9 Å². The van der Waals surface area contributed by atoms with E-state index in [1.165, 1.54) is 18.1 Å². The van der Waals surface area contributed by atoms with Crippen LogP contribution in [0.5, 0.6) is 0 Å². The highest BCUT2D eigenvalue weighted by Gasteiger charge is 2.15. The molecule has 3 heteroatoms. The first kappa shape index (κ1) is 10.2. The van der Waals surface area contributed by atoms with Gasteiger partial charge in [-0.05, 0) is 42.5 Å². The average molecular weight is 204 g/mol. The third kappa shape index (κ3) is 2.36. The van der Waals surface area contributed by atoms with E-state index >= 15 is 0 Å². The number of hydrogen-bond acceptors (Lipinski definition) is 2. The van der Waals surface area contributed by atoms with Gasteiger partial charge in [0.25, 0.3) is 0 Å². The first-order chi connectivity index (χ1) is 7.15. The Morgan fingerprint density at radius 1 is 1.47 bits per heavy atom. The predicted molar refractivity (Wildman–Crippen MR) is 60.7 cm³/mol. The van der Waals surface area contributed by atoms with Crippen molar-refractivity contribution in [1.82, 2.24) is 0 Å². The normalized spacial score (nSPS) is 19.5. The van der Waals surface area contributed by atoms with Crippen LogP contribution in [-0.2, 0) is 17.6 Å². The van der Waals surface area contributed by atoms with Gasteiger partial charge in [0, 0.05) is 18.7 Å². The van der Waals surface area contributed by atoms with E-state index in [2.05, 4.69) is 11.4 Å². The van der Waals surface area contributed by atoms with Crippen molar-refractivity contribution in [3.63, 3.8) is 0 Å². The Hall–Kier alpha value is -1.35. The van der Waals surface area contributed by atoms with Crippen molar-refractivity contribution in [3.05, 3.63) is 29.3 Å². The smallest absolute Gasteiger partial charge is 0.221 e. The minimum atomic E-state index is -0.0324. The van der Waals surface area contributed by atoms with Gasteiger partial charge in [-0.1, -0.05) is 6.07 Å². The van der Waals surface area contributed by atoms with Crippen LogP contribution in [0.3, 0.4) is 0 Å². The fraction of sp³-hybridized carbons (Fsp3) is 0.417. The van der Waals surface area contributed by atoms with Crippen molar-refractivity contribution in [2.75, 3.05) is 5.32 Å². The quantitative estimate of drug-likeness (QED) is 0.727. The monoisotopic (exact) mass is 204 g/mol. The van der Waals surface area contributed by atoms with Crippen LogP contribution in [0.2, 0.25) is 0 Å². The van der Waals surface area contributed by atoms with E-state index in [0.29, 0.717) is 0 Å². The van der Waals surface area contributed by atoms with E-state index in [1.54, 1.807) is 0 Å². The number of nitrogens with two attached hydrogens (primary N) is 1. The highest BCUT2D eigenvalue weighted by Crippen LogP contribution is 2.23. The second-order valence-corrected chi connectivity index (χ2v) is 4.17. The van der Waals surface area contributed by atoms with Gasteiger partial charge in [0.15, 0.2) is 0 Å². The van der Waals surface area contributed by atoms with Crippen LogP contribution in [0.4, 0.5) is 5.69 Å². The Balaban J connectivity index is 2.24. The number of anilines is 1. The summed E-state index contributed by atoms with van der Waals surface area (Å²) in [5.41, 5.74) is 9.43. The lowest BCUT2D eigenvalue weighted by Gasteiger charge is -2.21. The highest BCUT2D eigenvalue weighted by molar-refractivity contribution is 5.88.